The molecule has 0 amide bonds. The highest BCUT2D eigenvalue weighted by Crippen LogP contribution is 2.40. The molecule has 1 fully saturated rings. The van der Waals surface area contributed by atoms with E-state index in [1.807, 2.05) is 40.4 Å². The summed E-state index contributed by atoms with van der Waals surface area (Å²) in [7, 11) is 0. The Kier molecular flexibility index (Phi) is 4.66. The van der Waals surface area contributed by atoms with Crippen LogP contribution in [0.1, 0.15) is 32.1 Å². The van der Waals surface area contributed by atoms with Crippen molar-refractivity contribution in [2.45, 2.75) is 43.4 Å². The lowest BCUT2D eigenvalue weighted by molar-refractivity contribution is 0.360. The van der Waals surface area contributed by atoms with Crippen molar-refractivity contribution < 1.29 is 4.39 Å². The number of halogens is 2. The first-order chi connectivity index (χ1) is 10.0. The fraction of sp³-hybridized carbons (Fsp3) is 0.533. The predicted octanol–water partition coefficient (Wildman–Crippen LogP) is 5.51. The molecule has 1 aliphatic rings. The number of hydrogen-bond donors (Lipinski definition) is 1. The third-order valence-electron chi connectivity index (χ3n) is 4.46. The number of benzene rings is 1. The Bertz CT molecular complexity index is 716. The van der Waals surface area contributed by atoms with Gasteiger partial charge in [-0.3, -0.25) is 0 Å². The van der Waals surface area contributed by atoms with Crippen LogP contribution in [0.2, 0.25) is 0 Å². The molecule has 1 aromatic carbocycles. The Morgan fingerprint density at radius 2 is 2.10 bits per heavy atom. The predicted molar refractivity (Wildman–Crippen MR) is 99.1 cm³/mol. The number of imidazole rings is 1. The van der Waals surface area contributed by atoms with E-state index in [1.165, 1.54) is 32.1 Å². The minimum atomic E-state index is -0.173. The molecule has 6 heteroatoms. The number of hydrogen-bond acceptors (Lipinski definition) is 2. The number of nitrogens with one attached hydrogen (secondary N) is 1. The maximum Gasteiger partial charge on any atom is 0.178 e. The normalized spacial score (nSPS) is 18.2. The molecule has 0 radical (unpaired) electrons. The van der Waals surface area contributed by atoms with E-state index in [4.69, 9.17) is 12.2 Å². The second-order valence-electron chi connectivity index (χ2n) is 5.75. The van der Waals surface area contributed by atoms with E-state index >= 15 is 0 Å². The quantitative estimate of drug-likeness (QED) is 0.506. The smallest absolute Gasteiger partial charge is 0.178 e. The molecule has 0 saturated heterocycles. The maximum atomic E-state index is 13.9. The van der Waals surface area contributed by atoms with Gasteiger partial charge in [0.15, 0.2) is 4.77 Å². The number of aromatic amines is 1. The molecule has 21 heavy (non-hydrogen) atoms. The van der Waals surface area contributed by atoms with Crippen molar-refractivity contribution in [2.24, 2.45) is 0 Å². The lowest BCUT2D eigenvalue weighted by Crippen LogP contribution is -2.33. The summed E-state index contributed by atoms with van der Waals surface area (Å²) in [5.74, 6) is -0.173. The van der Waals surface area contributed by atoms with Gasteiger partial charge >= 0.3 is 0 Å². The summed E-state index contributed by atoms with van der Waals surface area (Å²) >= 11 is 9.44. The average Bonchev–Trinajstić information content (AvgIpc) is 2.76. The van der Waals surface area contributed by atoms with Gasteiger partial charge in [-0.2, -0.15) is 11.8 Å². The van der Waals surface area contributed by atoms with Crippen LogP contribution >= 0.6 is 46.6 Å². The van der Waals surface area contributed by atoms with Gasteiger partial charge in [0.1, 0.15) is 5.82 Å². The van der Waals surface area contributed by atoms with Gasteiger partial charge in [0.05, 0.1) is 14.6 Å². The minimum Gasteiger partial charge on any atom is -0.331 e. The number of aromatic nitrogens is 2. The molecule has 114 valence electrons. The topological polar surface area (TPSA) is 20.7 Å². The van der Waals surface area contributed by atoms with Gasteiger partial charge in [0.25, 0.3) is 0 Å². The van der Waals surface area contributed by atoms with E-state index in [2.05, 4.69) is 15.8 Å². The molecule has 3 rings (SSSR count). The van der Waals surface area contributed by atoms with Crippen molar-refractivity contribution in [2.75, 3.05) is 6.26 Å². The van der Waals surface area contributed by atoms with E-state index < -0.39 is 0 Å². The fourth-order valence-corrected chi connectivity index (χ4v) is 4.91. The van der Waals surface area contributed by atoms with Crippen molar-refractivity contribution in [1.29, 1.82) is 0 Å². The molecule has 0 unspecified atom stereocenters. The Morgan fingerprint density at radius 1 is 1.38 bits per heavy atom. The summed E-state index contributed by atoms with van der Waals surface area (Å²) in [5.41, 5.74) is 1.81. The second kappa shape index (κ2) is 6.20. The van der Waals surface area contributed by atoms with E-state index in [1.54, 1.807) is 6.07 Å². The van der Waals surface area contributed by atoms with Crippen LogP contribution in [0.3, 0.4) is 0 Å². The lowest BCUT2D eigenvalue weighted by atomic mass is 9.88. The van der Waals surface area contributed by atoms with E-state index in [9.17, 15) is 4.39 Å². The molecule has 0 bridgehead atoms. The first-order valence-electron chi connectivity index (χ1n) is 7.17. The van der Waals surface area contributed by atoms with Gasteiger partial charge in [0, 0.05) is 17.4 Å². The first kappa shape index (κ1) is 15.8. The Hall–Kier alpha value is -0.0800. The van der Waals surface area contributed by atoms with Crippen LogP contribution in [0.15, 0.2) is 12.1 Å². The van der Waals surface area contributed by atoms with Crippen molar-refractivity contribution in [1.82, 2.24) is 9.55 Å². The summed E-state index contributed by atoms with van der Waals surface area (Å²) in [6, 6.07) is 3.45. The highest BCUT2D eigenvalue weighted by molar-refractivity contribution is 14.1. The molecule has 0 atom stereocenters. The Balaban J connectivity index is 2.05. The highest BCUT2D eigenvalue weighted by atomic mass is 127. The summed E-state index contributed by atoms with van der Waals surface area (Å²) in [6.07, 6.45) is 8.51. The van der Waals surface area contributed by atoms with E-state index in [0.717, 1.165) is 17.6 Å². The second-order valence-corrected chi connectivity index (χ2v) is 8.57. The monoisotopic (exact) mass is 436 g/mol. The zero-order valence-electron chi connectivity index (χ0n) is 11.9. The van der Waals surface area contributed by atoms with Crippen molar-refractivity contribution >= 4 is 57.6 Å². The van der Waals surface area contributed by atoms with Gasteiger partial charge in [-0.05, 0) is 60.0 Å². The van der Waals surface area contributed by atoms with Crippen LogP contribution in [0.5, 0.6) is 0 Å². The first-order valence-corrected chi connectivity index (χ1v) is 9.89. The number of thioether (sulfide) groups is 1. The summed E-state index contributed by atoms with van der Waals surface area (Å²) in [6.45, 7) is 0.868. The molecule has 1 aliphatic carbocycles. The van der Waals surface area contributed by atoms with Crippen LogP contribution in [-0.2, 0) is 6.54 Å². The number of fused-ring (bicyclic) bond motifs is 1. The molecule has 0 aliphatic heterocycles. The summed E-state index contributed by atoms with van der Waals surface area (Å²) in [5, 5.41) is 0. The fourth-order valence-electron chi connectivity index (χ4n) is 3.22. The number of rotatable bonds is 3. The zero-order chi connectivity index (χ0) is 15.0. The number of H-pyrrole nitrogens is 1. The van der Waals surface area contributed by atoms with Crippen molar-refractivity contribution in [3.63, 3.8) is 0 Å². The summed E-state index contributed by atoms with van der Waals surface area (Å²) < 4.78 is 17.6. The largest absolute Gasteiger partial charge is 0.331 e. The molecular weight excluding hydrogens is 418 g/mol. The third-order valence-corrected chi connectivity index (χ3v) is 7.01. The molecule has 2 aromatic rings. The van der Waals surface area contributed by atoms with Crippen LogP contribution in [0.4, 0.5) is 4.39 Å². The highest BCUT2D eigenvalue weighted by Gasteiger charge is 2.32. The molecular formula is C15H18FIN2S2. The molecule has 2 nitrogen and oxygen atoms in total. The molecule has 0 spiro atoms. The van der Waals surface area contributed by atoms with Crippen molar-refractivity contribution in [3.8, 4) is 0 Å². The van der Waals surface area contributed by atoms with Gasteiger partial charge in [-0.15, -0.1) is 0 Å². The lowest BCUT2D eigenvalue weighted by Gasteiger charge is -2.36. The van der Waals surface area contributed by atoms with Crippen molar-refractivity contribution in [3.05, 3.63) is 26.3 Å². The zero-order valence-corrected chi connectivity index (χ0v) is 15.7. The maximum absolute atomic E-state index is 13.9. The molecule has 1 N–H and O–H groups in total. The van der Waals surface area contributed by atoms with E-state index in [0.29, 0.717) is 8.34 Å². The standard InChI is InChI=1S/C15H18FIN2S2/c1-21-15(5-3-2-4-6-15)9-19-13-7-10(16)11(17)8-12(13)18-14(19)20/h7-8H,2-6,9H2,1H3,(H,18,20). The Morgan fingerprint density at radius 3 is 2.76 bits per heavy atom. The SMILES string of the molecule is CSC1(Cn2c(=S)[nH]c3cc(I)c(F)cc32)CCCCC1. The minimum absolute atomic E-state index is 0.173. The average molecular weight is 436 g/mol. The van der Waals surface area contributed by atoms with E-state index in [-0.39, 0.29) is 10.6 Å². The summed E-state index contributed by atoms with van der Waals surface area (Å²) in [4.78, 5) is 3.22. The van der Waals surface area contributed by atoms with Gasteiger partial charge < -0.3 is 9.55 Å². The van der Waals surface area contributed by atoms with Gasteiger partial charge in [0.2, 0.25) is 0 Å². The van der Waals surface area contributed by atoms with Gasteiger partial charge in [-0.25, -0.2) is 4.39 Å². The molecule has 1 heterocycles. The van der Waals surface area contributed by atoms with Crippen LogP contribution in [-0.4, -0.2) is 20.6 Å². The van der Waals surface area contributed by atoms with Gasteiger partial charge in [-0.1, -0.05) is 19.3 Å². The van der Waals surface area contributed by atoms with Crippen LogP contribution < -0.4 is 0 Å². The molecule has 1 saturated carbocycles. The van der Waals surface area contributed by atoms with Crippen LogP contribution in [0, 0.1) is 14.2 Å². The Labute approximate surface area is 147 Å². The molecule has 1 aromatic heterocycles. The third kappa shape index (κ3) is 3.03. The van der Waals surface area contributed by atoms with Crippen LogP contribution in [0.25, 0.3) is 11.0 Å². The number of nitrogens with zero attached hydrogens (tertiary/aromatic N) is 1.